The van der Waals surface area contributed by atoms with Crippen LogP contribution in [-0.4, -0.2) is 50.2 Å². The molecule has 0 unspecified atom stereocenters. The van der Waals surface area contributed by atoms with E-state index in [0.717, 1.165) is 38.7 Å². The number of rotatable bonds is 6. The van der Waals surface area contributed by atoms with Crippen molar-refractivity contribution in [1.29, 1.82) is 0 Å². The molecule has 0 radical (unpaired) electrons. The highest BCUT2D eigenvalue weighted by Crippen LogP contribution is 2.29. The summed E-state index contributed by atoms with van der Waals surface area (Å²) in [5, 5.41) is 3.25. The van der Waals surface area contributed by atoms with E-state index in [1.165, 1.54) is 25.7 Å². The maximum atomic E-state index is 11.8. The minimum atomic E-state index is 0.246. The quantitative estimate of drug-likeness (QED) is 0.705. The van der Waals surface area contributed by atoms with Crippen LogP contribution in [0.3, 0.4) is 0 Å². The molecule has 0 aromatic carbocycles. The number of piperazine rings is 1. The zero-order valence-electron chi connectivity index (χ0n) is 10.6. The van der Waals surface area contributed by atoms with Gasteiger partial charge in [-0.05, 0) is 12.3 Å². The summed E-state index contributed by atoms with van der Waals surface area (Å²) < 4.78 is 5.54. The maximum absolute atomic E-state index is 11.8. The van der Waals surface area contributed by atoms with E-state index >= 15 is 0 Å². The minimum Gasteiger partial charge on any atom is -0.381 e. The monoisotopic (exact) mass is 240 g/mol. The Balaban J connectivity index is 1.47. The molecule has 2 aliphatic rings. The molecular formula is C13H24N2O2. The SMILES string of the molecule is O=C(CCOCCC1CCC1)N1CCNCC1. The molecule has 1 saturated heterocycles. The predicted octanol–water partition coefficient (Wildman–Crippen LogP) is 1.02. The third-order valence-corrected chi connectivity index (χ3v) is 3.83. The molecule has 0 aromatic heterocycles. The van der Waals surface area contributed by atoms with E-state index in [-0.39, 0.29) is 5.91 Å². The molecule has 98 valence electrons. The maximum Gasteiger partial charge on any atom is 0.224 e. The molecule has 4 heteroatoms. The van der Waals surface area contributed by atoms with Crippen molar-refractivity contribution in [1.82, 2.24) is 10.2 Å². The zero-order valence-corrected chi connectivity index (χ0v) is 10.6. The van der Waals surface area contributed by atoms with Crippen molar-refractivity contribution in [3.63, 3.8) is 0 Å². The van der Waals surface area contributed by atoms with Crippen LogP contribution in [0.2, 0.25) is 0 Å². The van der Waals surface area contributed by atoms with E-state index in [1.807, 2.05) is 4.90 Å². The second-order valence-corrected chi connectivity index (χ2v) is 5.08. The second kappa shape index (κ2) is 6.97. The molecule has 2 fully saturated rings. The molecule has 0 atom stereocenters. The first kappa shape index (κ1) is 12.8. The third-order valence-electron chi connectivity index (χ3n) is 3.83. The van der Waals surface area contributed by atoms with Gasteiger partial charge in [0, 0.05) is 32.8 Å². The Morgan fingerprint density at radius 1 is 1.24 bits per heavy atom. The average molecular weight is 240 g/mol. The van der Waals surface area contributed by atoms with Gasteiger partial charge in [0.25, 0.3) is 0 Å². The molecule has 1 aliphatic heterocycles. The Hall–Kier alpha value is -0.610. The van der Waals surface area contributed by atoms with Crippen molar-refractivity contribution in [2.24, 2.45) is 5.92 Å². The Morgan fingerprint density at radius 2 is 2.00 bits per heavy atom. The summed E-state index contributed by atoms with van der Waals surface area (Å²) in [5.41, 5.74) is 0. The van der Waals surface area contributed by atoms with Crippen molar-refractivity contribution in [3.05, 3.63) is 0 Å². The molecule has 2 rings (SSSR count). The van der Waals surface area contributed by atoms with Gasteiger partial charge >= 0.3 is 0 Å². The number of hydrogen-bond donors (Lipinski definition) is 1. The van der Waals surface area contributed by atoms with Crippen LogP contribution >= 0.6 is 0 Å². The molecule has 17 heavy (non-hydrogen) atoms. The van der Waals surface area contributed by atoms with Crippen molar-refractivity contribution >= 4 is 5.91 Å². The lowest BCUT2D eigenvalue weighted by molar-refractivity contribution is -0.132. The summed E-state index contributed by atoms with van der Waals surface area (Å²) in [6, 6.07) is 0. The molecule has 1 heterocycles. The van der Waals surface area contributed by atoms with Gasteiger partial charge < -0.3 is 15.0 Å². The van der Waals surface area contributed by atoms with Crippen molar-refractivity contribution in [2.45, 2.75) is 32.1 Å². The Bertz CT molecular complexity index is 236. The van der Waals surface area contributed by atoms with Gasteiger partial charge in [-0.3, -0.25) is 4.79 Å². The summed E-state index contributed by atoms with van der Waals surface area (Å²) in [6.45, 7) is 4.97. The van der Waals surface area contributed by atoms with Crippen LogP contribution in [0.1, 0.15) is 32.1 Å². The fourth-order valence-corrected chi connectivity index (χ4v) is 2.37. The Morgan fingerprint density at radius 3 is 2.65 bits per heavy atom. The third kappa shape index (κ3) is 4.28. The molecule has 1 amide bonds. The van der Waals surface area contributed by atoms with Gasteiger partial charge in [-0.1, -0.05) is 19.3 Å². The average Bonchev–Trinajstić information content (AvgIpc) is 2.32. The number of nitrogens with one attached hydrogen (secondary N) is 1. The fraction of sp³-hybridized carbons (Fsp3) is 0.923. The lowest BCUT2D eigenvalue weighted by atomic mass is 9.83. The summed E-state index contributed by atoms with van der Waals surface area (Å²) in [4.78, 5) is 13.7. The highest BCUT2D eigenvalue weighted by molar-refractivity contribution is 5.76. The normalized spacial score (nSPS) is 21.3. The molecule has 1 aliphatic carbocycles. The molecular weight excluding hydrogens is 216 g/mol. The summed E-state index contributed by atoms with van der Waals surface area (Å²) in [6.07, 6.45) is 5.88. The lowest BCUT2D eigenvalue weighted by Crippen LogP contribution is -2.46. The summed E-state index contributed by atoms with van der Waals surface area (Å²) in [7, 11) is 0. The van der Waals surface area contributed by atoms with Gasteiger partial charge in [0.05, 0.1) is 13.0 Å². The number of carbonyl (C=O) groups is 1. The smallest absolute Gasteiger partial charge is 0.224 e. The van der Waals surface area contributed by atoms with Crippen molar-refractivity contribution in [2.75, 3.05) is 39.4 Å². The predicted molar refractivity (Wildman–Crippen MR) is 66.8 cm³/mol. The fourth-order valence-electron chi connectivity index (χ4n) is 2.37. The molecule has 1 N–H and O–H groups in total. The molecule has 0 spiro atoms. The van der Waals surface area contributed by atoms with Gasteiger partial charge in [0.15, 0.2) is 0 Å². The zero-order chi connectivity index (χ0) is 11.9. The standard InChI is InChI=1S/C13H24N2O2/c16-13(15-8-6-14-7-9-15)5-11-17-10-4-12-2-1-3-12/h12,14H,1-11H2. The lowest BCUT2D eigenvalue weighted by Gasteiger charge is -2.27. The second-order valence-electron chi connectivity index (χ2n) is 5.08. The van der Waals surface area contributed by atoms with E-state index in [9.17, 15) is 4.79 Å². The minimum absolute atomic E-state index is 0.246. The van der Waals surface area contributed by atoms with Crippen LogP contribution in [0.15, 0.2) is 0 Å². The number of nitrogens with zero attached hydrogens (tertiary/aromatic N) is 1. The highest BCUT2D eigenvalue weighted by atomic mass is 16.5. The first-order valence-electron chi connectivity index (χ1n) is 6.92. The molecule has 0 bridgehead atoms. The van der Waals surface area contributed by atoms with Crippen LogP contribution in [0.4, 0.5) is 0 Å². The first-order valence-corrected chi connectivity index (χ1v) is 6.92. The van der Waals surface area contributed by atoms with Gasteiger partial charge in [-0.2, -0.15) is 0 Å². The van der Waals surface area contributed by atoms with Gasteiger partial charge in [0.1, 0.15) is 0 Å². The van der Waals surface area contributed by atoms with Crippen LogP contribution in [-0.2, 0) is 9.53 Å². The van der Waals surface area contributed by atoms with Gasteiger partial charge in [-0.25, -0.2) is 0 Å². The molecule has 4 nitrogen and oxygen atoms in total. The van der Waals surface area contributed by atoms with Gasteiger partial charge in [-0.15, -0.1) is 0 Å². The van der Waals surface area contributed by atoms with Crippen LogP contribution in [0.5, 0.6) is 0 Å². The highest BCUT2D eigenvalue weighted by Gasteiger charge is 2.17. The first-order chi connectivity index (χ1) is 8.36. The van der Waals surface area contributed by atoms with E-state index < -0.39 is 0 Å². The molecule has 1 saturated carbocycles. The largest absolute Gasteiger partial charge is 0.381 e. The number of carbonyl (C=O) groups excluding carboxylic acids is 1. The summed E-state index contributed by atoms with van der Waals surface area (Å²) >= 11 is 0. The van der Waals surface area contributed by atoms with Crippen LogP contribution in [0.25, 0.3) is 0 Å². The van der Waals surface area contributed by atoms with Crippen molar-refractivity contribution < 1.29 is 9.53 Å². The summed E-state index contributed by atoms with van der Waals surface area (Å²) in [5.74, 6) is 1.15. The van der Waals surface area contributed by atoms with E-state index in [0.29, 0.717) is 13.0 Å². The van der Waals surface area contributed by atoms with Gasteiger partial charge in [0.2, 0.25) is 5.91 Å². The molecule has 0 aromatic rings. The van der Waals surface area contributed by atoms with E-state index in [4.69, 9.17) is 4.74 Å². The van der Waals surface area contributed by atoms with E-state index in [2.05, 4.69) is 5.32 Å². The number of ether oxygens (including phenoxy) is 1. The van der Waals surface area contributed by atoms with E-state index in [1.54, 1.807) is 0 Å². The van der Waals surface area contributed by atoms with Crippen LogP contribution < -0.4 is 5.32 Å². The topological polar surface area (TPSA) is 41.6 Å². The number of amides is 1. The Kier molecular flexibility index (Phi) is 5.26. The van der Waals surface area contributed by atoms with Crippen LogP contribution in [0, 0.1) is 5.92 Å². The Labute approximate surface area is 104 Å². The van der Waals surface area contributed by atoms with Crippen molar-refractivity contribution in [3.8, 4) is 0 Å². The number of hydrogen-bond acceptors (Lipinski definition) is 3.